The first-order chi connectivity index (χ1) is 20.3. The highest BCUT2D eigenvalue weighted by atomic mass is 35.5. The van der Waals surface area contributed by atoms with Crippen LogP contribution in [0.2, 0.25) is 5.02 Å². The number of piperidine rings is 1. The number of likely N-dealkylation sites (tertiary alicyclic amines) is 1. The van der Waals surface area contributed by atoms with Gasteiger partial charge in [0, 0.05) is 30.3 Å². The third-order valence-corrected chi connectivity index (χ3v) is 8.79. The number of hydrogen-bond donors (Lipinski definition) is 1. The number of aromatic carboxylic acids is 1. The van der Waals surface area contributed by atoms with Gasteiger partial charge in [-0.1, -0.05) is 11.6 Å². The number of fused-ring (bicyclic) bond motifs is 2. The normalized spacial score (nSPS) is 22.4. The zero-order valence-corrected chi connectivity index (χ0v) is 23.8. The molecule has 5 heterocycles. The summed E-state index contributed by atoms with van der Waals surface area (Å²) in [6.45, 7) is 5.42. The first-order valence-electron chi connectivity index (χ1n) is 14.2. The van der Waals surface area contributed by atoms with E-state index in [1.165, 1.54) is 6.07 Å². The van der Waals surface area contributed by atoms with E-state index in [0.717, 1.165) is 61.4 Å². The average molecular weight is 593 g/mol. The summed E-state index contributed by atoms with van der Waals surface area (Å²) in [4.78, 5) is 23.3. The average Bonchev–Trinajstić information content (AvgIpc) is 3.47. The van der Waals surface area contributed by atoms with E-state index >= 15 is 0 Å². The molecule has 0 aliphatic carbocycles. The summed E-state index contributed by atoms with van der Waals surface area (Å²) in [7, 11) is 0. The van der Waals surface area contributed by atoms with E-state index in [2.05, 4.69) is 14.5 Å². The molecule has 9 nitrogen and oxygen atoms in total. The molecule has 0 radical (unpaired) electrons. The van der Waals surface area contributed by atoms with Crippen molar-refractivity contribution in [1.82, 2.24) is 19.4 Å². The zero-order chi connectivity index (χ0) is 29.0. The van der Waals surface area contributed by atoms with Crippen molar-refractivity contribution >= 4 is 28.6 Å². The Balaban J connectivity index is 1.08. The van der Waals surface area contributed by atoms with Crippen LogP contribution in [0.5, 0.6) is 11.5 Å². The molecule has 0 saturated carbocycles. The predicted molar refractivity (Wildman–Crippen MR) is 153 cm³/mol. The van der Waals surface area contributed by atoms with Crippen LogP contribution in [0.15, 0.2) is 48.8 Å². The lowest BCUT2D eigenvalue weighted by atomic mass is 9.89. The molecule has 3 aliphatic rings. The molecule has 2 fully saturated rings. The van der Waals surface area contributed by atoms with Gasteiger partial charge in [-0.25, -0.2) is 14.2 Å². The number of rotatable bonds is 7. The largest absolute Gasteiger partial charge is 0.478 e. The van der Waals surface area contributed by atoms with Gasteiger partial charge in [0.1, 0.15) is 11.6 Å². The number of pyridine rings is 1. The van der Waals surface area contributed by atoms with E-state index in [1.54, 1.807) is 43.5 Å². The molecule has 0 unspecified atom stereocenters. The quantitative estimate of drug-likeness (QED) is 0.290. The second kappa shape index (κ2) is 10.5. The summed E-state index contributed by atoms with van der Waals surface area (Å²) in [6.07, 6.45) is 6.28. The third kappa shape index (κ3) is 4.87. The molecular formula is C31H30ClFN4O5. The monoisotopic (exact) mass is 592 g/mol. The van der Waals surface area contributed by atoms with E-state index in [-0.39, 0.29) is 23.1 Å². The van der Waals surface area contributed by atoms with Gasteiger partial charge in [-0.05, 0) is 74.7 Å². The highest BCUT2D eigenvalue weighted by Gasteiger charge is 2.43. The van der Waals surface area contributed by atoms with Crippen molar-refractivity contribution in [2.24, 2.45) is 0 Å². The molecule has 0 spiro atoms. The highest BCUT2D eigenvalue weighted by molar-refractivity contribution is 6.30. The Labute approximate surface area is 246 Å². The van der Waals surface area contributed by atoms with Crippen molar-refractivity contribution in [1.29, 1.82) is 0 Å². The van der Waals surface area contributed by atoms with Gasteiger partial charge < -0.3 is 23.9 Å². The maximum absolute atomic E-state index is 14.8. The topological polar surface area (TPSA) is 98.9 Å². The van der Waals surface area contributed by atoms with Gasteiger partial charge in [-0.2, -0.15) is 0 Å². The Hall–Kier alpha value is -3.73. The maximum Gasteiger partial charge on any atom is 0.335 e. The number of ether oxygens (including phenoxy) is 3. The molecule has 218 valence electrons. The van der Waals surface area contributed by atoms with Gasteiger partial charge in [-0.15, -0.1) is 0 Å². The van der Waals surface area contributed by atoms with Crippen molar-refractivity contribution < 1.29 is 28.5 Å². The van der Waals surface area contributed by atoms with Crippen LogP contribution in [-0.2, 0) is 23.6 Å². The van der Waals surface area contributed by atoms with E-state index in [0.29, 0.717) is 29.6 Å². The number of carbonyl (C=O) groups is 1. The number of nitrogens with zero attached hydrogens (tertiary/aromatic N) is 4. The fourth-order valence-corrected chi connectivity index (χ4v) is 6.33. The second-order valence-corrected chi connectivity index (χ2v) is 11.7. The first kappa shape index (κ1) is 27.1. The van der Waals surface area contributed by atoms with Crippen molar-refractivity contribution in [2.45, 2.75) is 57.1 Å². The van der Waals surface area contributed by atoms with Gasteiger partial charge in [-0.3, -0.25) is 9.88 Å². The second-order valence-electron chi connectivity index (χ2n) is 11.3. The Morgan fingerprint density at radius 1 is 1.14 bits per heavy atom. The summed E-state index contributed by atoms with van der Waals surface area (Å²) in [5.74, 6) is -0.556. The molecular weight excluding hydrogens is 563 g/mol. The molecule has 11 heteroatoms. The number of carboxylic acids is 1. The van der Waals surface area contributed by atoms with Gasteiger partial charge in [0.2, 0.25) is 0 Å². The fraction of sp³-hybridized carbons (Fsp3) is 0.387. The lowest BCUT2D eigenvalue weighted by molar-refractivity contribution is -0.0712. The van der Waals surface area contributed by atoms with Crippen LogP contribution in [0, 0.1) is 5.82 Å². The SMILES string of the molecule is C[C@@]1(c2ccc(Cl)cc2F)Oc2cncc(C3CCN(Cc4nc5ccc(C(=O)O)cc5n4C[C@@H]4CCO4)CC3)c2O1. The van der Waals surface area contributed by atoms with Crippen molar-refractivity contribution in [3.8, 4) is 11.5 Å². The summed E-state index contributed by atoms with van der Waals surface area (Å²) in [6, 6.07) is 9.54. The molecule has 3 aliphatic heterocycles. The van der Waals surface area contributed by atoms with Crippen LogP contribution in [-0.4, -0.2) is 56.3 Å². The number of carboxylic acid groups (broad SMARTS) is 1. The number of benzene rings is 2. The van der Waals surface area contributed by atoms with Gasteiger partial charge >= 0.3 is 5.97 Å². The molecule has 4 aromatic rings. The molecule has 2 atom stereocenters. The van der Waals surface area contributed by atoms with Crippen LogP contribution in [0.3, 0.4) is 0 Å². The minimum Gasteiger partial charge on any atom is -0.478 e. The minimum absolute atomic E-state index is 0.113. The van der Waals surface area contributed by atoms with Crippen molar-refractivity contribution in [3.05, 3.63) is 82.1 Å². The Morgan fingerprint density at radius 2 is 1.95 bits per heavy atom. The number of halogens is 2. The number of aromatic nitrogens is 3. The lowest BCUT2D eigenvalue weighted by Gasteiger charge is -2.33. The van der Waals surface area contributed by atoms with E-state index in [4.69, 9.17) is 30.8 Å². The van der Waals surface area contributed by atoms with E-state index < -0.39 is 17.6 Å². The van der Waals surface area contributed by atoms with Gasteiger partial charge in [0.25, 0.3) is 5.79 Å². The summed E-state index contributed by atoms with van der Waals surface area (Å²) < 4.78 is 35.0. The zero-order valence-electron chi connectivity index (χ0n) is 23.1. The lowest BCUT2D eigenvalue weighted by Crippen LogP contribution is -2.35. The van der Waals surface area contributed by atoms with Crippen LogP contribution < -0.4 is 9.47 Å². The maximum atomic E-state index is 14.8. The molecule has 42 heavy (non-hydrogen) atoms. The fourth-order valence-electron chi connectivity index (χ4n) is 6.17. The Bertz CT molecular complexity index is 1680. The number of hydrogen-bond acceptors (Lipinski definition) is 7. The van der Waals surface area contributed by atoms with Crippen LogP contribution >= 0.6 is 11.6 Å². The van der Waals surface area contributed by atoms with Crippen molar-refractivity contribution in [3.63, 3.8) is 0 Å². The molecule has 0 amide bonds. The summed E-state index contributed by atoms with van der Waals surface area (Å²) >= 11 is 5.96. The van der Waals surface area contributed by atoms with E-state index in [1.807, 2.05) is 6.20 Å². The smallest absolute Gasteiger partial charge is 0.335 e. The molecule has 1 N–H and O–H groups in total. The van der Waals surface area contributed by atoms with Gasteiger partial charge in [0.05, 0.1) is 47.6 Å². The summed E-state index contributed by atoms with van der Waals surface area (Å²) in [5, 5.41) is 9.83. The van der Waals surface area contributed by atoms with Crippen LogP contribution in [0.25, 0.3) is 11.0 Å². The third-order valence-electron chi connectivity index (χ3n) is 8.56. The Morgan fingerprint density at radius 3 is 2.67 bits per heavy atom. The van der Waals surface area contributed by atoms with Crippen LogP contribution in [0.1, 0.15) is 59.4 Å². The van der Waals surface area contributed by atoms with Gasteiger partial charge in [0.15, 0.2) is 11.5 Å². The molecule has 0 bridgehead atoms. The number of imidazole rings is 1. The molecule has 7 rings (SSSR count). The van der Waals surface area contributed by atoms with Crippen LogP contribution in [0.4, 0.5) is 4.39 Å². The predicted octanol–water partition coefficient (Wildman–Crippen LogP) is 5.73. The molecule has 2 saturated heterocycles. The Kier molecular flexibility index (Phi) is 6.79. The first-order valence-corrected chi connectivity index (χ1v) is 14.5. The summed E-state index contributed by atoms with van der Waals surface area (Å²) in [5.41, 5.74) is 3.08. The molecule has 2 aromatic carbocycles. The van der Waals surface area contributed by atoms with E-state index in [9.17, 15) is 14.3 Å². The highest BCUT2D eigenvalue weighted by Crippen LogP contribution is 2.49. The minimum atomic E-state index is -1.32. The standard InChI is InChI=1S/C31H30ClFN4O5/c1-31(23-4-3-20(32)13-24(23)33)41-27-15-34-14-22(29(27)42-31)18-6-9-36(10-7-18)17-28-35-25-5-2-19(30(38)39)12-26(25)37(28)16-21-8-11-40-21/h2-5,12-15,18,21H,6-11,16-17H2,1H3,(H,38,39)/t21-,31+/m0/s1. The van der Waals surface area contributed by atoms with Crippen molar-refractivity contribution in [2.75, 3.05) is 19.7 Å². The molecule has 2 aromatic heterocycles.